The van der Waals surface area contributed by atoms with Crippen molar-refractivity contribution in [2.45, 2.75) is 32.2 Å². The second kappa shape index (κ2) is 6.55. The fourth-order valence-corrected chi connectivity index (χ4v) is 3.31. The van der Waals surface area contributed by atoms with Gasteiger partial charge in [-0.1, -0.05) is 0 Å². The van der Waals surface area contributed by atoms with Gasteiger partial charge in [0.05, 0.1) is 26.5 Å². The quantitative estimate of drug-likeness (QED) is 0.936. The molecule has 3 rings (SSSR count). The van der Waals surface area contributed by atoms with Gasteiger partial charge in [0.25, 0.3) is 5.91 Å². The zero-order chi connectivity index (χ0) is 17.3. The minimum absolute atomic E-state index is 0.00626. The van der Waals surface area contributed by atoms with Gasteiger partial charge < -0.3 is 14.8 Å². The molecule has 0 spiro atoms. The number of ether oxygens (including phenoxy) is 2. The lowest BCUT2D eigenvalue weighted by Crippen LogP contribution is -2.31. The summed E-state index contributed by atoms with van der Waals surface area (Å²) in [7, 11) is 5.12. The maximum atomic E-state index is 12.7. The number of carbonyl (C=O) groups is 1. The van der Waals surface area contributed by atoms with Crippen molar-refractivity contribution in [1.29, 1.82) is 0 Å². The number of methoxy groups -OCH3 is 2. The van der Waals surface area contributed by atoms with E-state index in [0.717, 1.165) is 30.4 Å². The molecule has 1 aromatic heterocycles. The molecule has 0 fully saturated rings. The highest BCUT2D eigenvalue weighted by molar-refractivity contribution is 5.95. The van der Waals surface area contributed by atoms with Crippen molar-refractivity contribution in [2.75, 3.05) is 14.2 Å². The molecule has 0 radical (unpaired) electrons. The van der Waals surface area contributed by atoms with Gasteiger partial charge in [-0.25, -0.2) is 0 Å². The maximum Gasteiger partial charge on any atom is 0.252 e. The van der Waals surface area contributed by atoms with Crippen LogP contribution in [0.15, 0.2) is 18.3 Å². The monoisotopic (exact) mass is 329 g/mol. The molecule has 6 heteroatoms. The van der Waals surface area contributed by atoms with Crippen LogP contribution < -0.4 is 14.8 Å². The number of aryl methyl sites for hydroxylation is 1. The minimum Gasteiger partial charge on any atom is -0.496 e. The summed E-state index contributed by atoms with van der Waals surface area (Å²) in [5.74, 6) is 1.16. The average Bonchev–Trinajstić information content (AvgIpc) is 2.97. The first kappa shape index (κ1) is 16.4. The van der Waals surface area contributed by atoms with Gasteiger partial charge in [0.2, 0.25) is 0 Å². The largest absolute Gasteiger partial charge is 0.496 e. The van der Waals surface area contributed by atoms with E-state index in [4.69, 9.17) is 9.47 Å². The molecule has 24 heavy (non-hydrogen) atoms. The summed E-state index contributed by atoms with van der Waals surface area (Å²) in [5, 5.41) is 7.44. The molecule has 1 N–H and O–H groups in total. The fraction of sp³-hybridized carbons (Fsp3) is 0.444. The second-order valence-electron chi connectivity index (χ2n) is 6.09. The molecule has 0 aliphatic heterocycles. The number of fused-ring (bicyclic) bond motifs is 1. The van der Waals surface area contributed by atoms with Crippen LogP contribution in [0.3, 0.4) is 0 Å². The normalized spacial score (nSPS) is 16.4. The maximum absolute atomic E-state index is 12.7. The van der Waals surface area contributed by atoms with Crippen molar-refractivity contribution < 1.29 is 14.3 Å². The first-order chi connectivity index (χ1) is 11.5. The lowest BCUT2D eigenvalue weighted by Gasteiger charge is -2.24. The van der Waals surface area contributed by atoms with Crippen LogP contribution in [0.1, 0.15) is 46.1 Å². The molecule has 0 unspecified atom stereocenters. The van der Waals surface area contributed by atoms with E-state index in [1.54, 1.807) is 26.4 Å². The molecule has 1 amide bonds. The lowest BCUT2D eigenvalue weighted by atomic mass is 9.92. The fourth-order valence-electron chi connectivity index (χ4n) is 3.31. The molecule has 1 atom stereocenters. The van der Waals surface area contributed by atoms with Crippen molar-refractivity contribution in [3.63, 3.8) is 0 Å². The Morgan fingerprint density at radius 3 is 2.58 bits per heavy atom. The lowest BCUT2D eigenvalue weighted by molar-refractivity contribution is 0.0932. The van der Waals surface area contributed by atoms with Crippen LogP contribution >= 0.6 is 0 Å². The Bertz CT molecular complexity index is 742. The van der Waals surface area contributed by atoms with Crippen molar-refractivity contribution in [3.05, 3.63) is 40.7 Å². The zero-order valence-corrected chi connectivity index (χ0v) is 14.5. The van der Waals surface area contributed by atoms with Crippen LogP contribution in [0.4, 0.5) is 0 Å². The first-order valence-corrected chi connectivity index (χ1v) is 8.09. The van der Waals surface area contributed by atoms with E-state index in [1.165, 1.54) is 5.69 Å². The van der Waals surface area contributed by atoms with Gasteiger partial charge in [-0.15, -0.1) is 0 Å². The predicted octanol–water partition coefficient (Wildman–Crippen LogP) is 2.55. The van der Waals surface area contributed by atoms with Crippen molar-refractivity contribution in [2.24, 2.45) is 7.05 Å². The number of nitrogens with zero attached hydrogens (tertiary/aromatic N) is 2. The molecule has 1 aromatic carbocycles. The van der Waals surface area contributed by atoms with E-state index in [9.17, 15) is 4.79 Å². The van der Waals surface area contributed by atoms with Gasteiger partial charge in [-0.3, -0.25) is 9.48 Å². The highest BCUT2D eigenvalue weighted by atomic mass is 16.5. The Balaban J connectivity index is 1.86. The third-order valence-electron chi connectivity index (χ3n) is 4.70. The summed E-state index contributed by atoms with van der Waals surface area (Å²) in [5.41, 5.74) is 3.72. The number of nitrogens with one attached hydrogen (secondary N) is 1. The number of hydrogen-bond donors (Lipinski definition) is 1. The highest BCUT2D eigenvalue weighted by Crippen LogP contribution is 2.32. The van der Waals surface area contributed by atoms with Crippen LogP contribution in [0, 0.1) is 6.92 Å². The summed E-state index contributed by atoms with van der Waals surface area (Å²) in [6.07, 6.45) is 4.82. The highest BCUT2D eigenvalue weighted by Gasteiger charge is 2.25. The molecule has 1 heterocycles. The third kappa shape index (κ3) is 2.84. The van der Waals surface area contributed by atoms with E-state index in [2.05, 4.69) is 10.4 Å². The number of rotatable bonds is 4. The number of hydrogen-bond acceptors (Lipinski definition) is 4. The summed E-state index contributed by atoms with van der Waals surface area (Å²) in [6.45, 7) is 1.91. The standard InChI is InChI=1S/C18H23N3O3/c1-11-16(23-3)8-12(9-17(11)24-4)18(22)20-14-6-5-7-15-13(14)10-19-21(15)2/h8-10,14H,5-7H2,1-4H3,(H,20,22)/t14-/m1/s1. The molecule has 2 aromatic rings. The number of benzene rings is 1. The van der Waals surface area contributed by atoms with Gasteiger partial charge in [0.1, 0.15) is 11.5 Å². The van der Waals surface area contributed by atoms with E-state index in [-0.39, 0.29) is 11.9 Å². The number of aromatic nitrogens is 2. The zero-order valence-electron chi connectivity index (χ0n) is 14.5. The van der Waals surface area contributed by atoms with E-state index < -0.39 is 0 Å². The van der Waals surface area contributed by atoms with Crippen LogP contribution in [0.25, 0.3) is 0 Å². The van der Waals surface area contributed by atoms with Crippen molar-refractivity contribution >= 4 is 5.91 Å². The van der Waals surface area contributed by atoms with Gasteiger partial charge in [-0.2, -0.15) is 5.10 Å². The van der Waals surface area contributed by atoms with Gasteiger partial charge in [-0.05, 0) is 38.3 Å². The van der Waals surface area contributed by atoms with Crippen molar-refractivity contribution in [3.8, 4) is 11.5 Å². The average molecular weight is 329 g/mol. The molecule has 1 aliphatic carbocycles. The molecule has 128 valence electrons. The van der Waals surface area contributed by atoms with Crippen LogP contribution in [-0.2, 0) is 13.5 Å². The number of carbonyl (C=O) groups excluding carboxylic acids is 1. The Kier molecular flexibility index (Phi) is 4.46. The molecular formula is C18H23N3O3. The summed E-state index contributed by atoms with van der Waals surface area (Å²) < 4.78 is 12.6. The van der Waals surface area contributed by atoms with Gasteiger partial charge in [0, 0.05) is 29.4 Å². The van der Waals surface area contributed by atoms with Crippen molar-refractivity contribution in [1.82, 2.24) is 15.1 Å². The third-order valence-corrected chi connectivity index (χ3v) is 4.70. The van der Waals surface area contributed by atoms with E-state index in [1.807, 2.05) is 24.9 Å². The Morgan fingerprint density at radius 2 is 1.96 bits per heavy atom. The van der Waals surface area contributed by atoms with Gasteiger partial charge in [0.15, 0.2) is 0 Å². The second-order valence-corrected chi connectivity index (χ2v) is 6.09. The van der Waals surface area contributed by atoms with Crippen LogP contribution in [0.5, 0.6) is 11.5 Å². The Hall–Kier alpha value is -2.50. The van der Waals surface area contributed by atoms with Crippen LogP contribution in [0.2, 0.25) is 0 Å². The molecule has 0 bridgehead atoms. The Labute approximate surface area is 141 Å². The predicted molar refractivity (Wildman–Crippen MR) is 90.6 cm³/mol. The smallest absolute Gasteiger partial charge is 0.252 e. The molecule has 6 nitrogen and oxygen atoms in total. The molecule has 0 saturated heterocycles. The molecule has 0 saturated carbocycles. The summed E-state index contributed by atoms with van der Waals surface area (Å²) >= 11 is 0. The SMILES string of the molecule is COc1cc(C(=O)N[C@@H]2CCCc3c2cnn3C)cc(OC)c1C. The van der Waals surface area contributed by atoms with Gasteiger partial charge >= 0.3 is 0 Å². The number of amides is 1. The summed E-state index contributed by atoms with van der Waals surface area (Å²) in [4.78, 5) is 12.7. The van der Waals surface area contributed by atoms with Crippen LogP contribution in [-0.4, -0.2) is 29.9 Å². The van der Waals surface area contributed by atoms with E-state index >= 15 is 0 Å². The summed E-state index contributed by atoms with van der Waals surface area (Å²) in [6, 6.07) is 3.49. The molecular weight excluding hydrogens is 306 g/mol. The Morgan fingerprint density at radius 1 is 1.29 bits per heavy atom. The first-order valence-electron chi connectivity index (χ1n) is 8.09. The minimum atomic E-state index is -0.131. The molecule has 1 aliphatic rings. The van der Waals surface area contributed by atoms with E-state index in [0.29, 0.717) is 17.1 Å². The topological polar surface area (TPSA) is 65.4 Å².